The number of aryl methyl sites for hydroxylation is 1. The maximum atomic E-state index is 11.4. The third kappa shape index (κ3) is 2.74. The van der Waals surface area contributed by atoms with Crippen LogP contribution in [0.3, 0.4) is 0 Å². The van der Waals surface area contributed by atoms with Crippen molar-refractivity contribution in [2.45, 2.75) is 40.0 Å². The standard InChI is InChI=1S/C16H23NO/c1-4-12(2)11-17-9-5-6-15-10-14(13(3)18)7-8-16(15)17/h7-8,10,12H,4-6,9,11H2,1-3H3. The molecule has 0 aliphatic carbocycles. The Bertz CT molecular complexity index is 439. The van der Waals surface area contributed by atoms with E-state index in [0.717, 1.165) is 31.0 Å². The molecule has 0 radical (unpaired) electrons. The normalized spacial score (nSPS) is 16.3. The van der Waals surface area contributed by atoms with E-state index in [1.165, 1.54) is 24.1 Å². The van der Waals surface area contributed by atoms with E-state index in [1.54, 1.807) is 6.92 Å². The van der Waals surface area contributed by atoms with Crippen LogP contribution in [0.5, 0.6) is 0 Å². The molecule has 0 aromatic heterocycles. The molecule has 0 bridgehead atoms. The van der Waals surface area contributed by atoms with Gasteiger partial charge in [-0.05, 0) is 49.4 Å². The minimum Gasteiger partial charge on any atom is -0.371 e. The van der Waals surface area contributed by atoms with Crippen LogP contribution in [0.25, 0.3) is 0 Å². The topological polar surface area (TPSA) is 20.3 Å². The Balaban J connectivity index is 2.24. The zero-order valence-electron chi connectivity index (χ0n) is 11.7. The average molecular weight is 245 g/mol. The van der Waals surface area contributed by atoms with Gasteiger partial charge >= 0.3 is 0 Å². The van der Waals surface area contributed by atoms with Gasteiger partial charge in [0.25, 0.3) is 0 Å². The van der Waals surface area contributed by atoms with E-state index < -0.39 is 0 Å². The molecule has 1 aromatic carbocycles. The van der Waals surface area contributed by atoms with Crippen molar-refractivity contribution in [2.75, 3.05) is 18.0 Å². The van der Waals surface area contributed by atoms with Gasteiger partial charge < -0.3 is 4.90 Å². The van der Waals surface area contributed by atoms with E-state index in [2.05, 4.69) is 30.9 Å². The van der Waals surface area contributed by atoms with E-state index in [-0.39, 0.29) is 5.78 Å². The average Bonchev–Trinajstić information content (AvgIpc) is 2.38. The minimum absolute atomic E-state index is 0.164. The monoisotopic (exact) mass is 245 g/mol. The number of benzene rings is 1. The van der Waals surface area contributed by atoms with E-state index in [9.17, 15) is 4.79 Å². The number of ketones is 1. The van der Waals surface area contributed by atoms with Crippen LogP contribution >= 0.6 is 0 Å². The van der Waals surface area contributed by atoms with Gasteiger partial charge in [0, 0.05) is 24.3 Å². The highest BCUT2D eigenvalue weighted by atomic mass is 16.1. The predicted molar refractivity (Wildman–Crippen MR) is 76.4 cm³/mol. The molecule has 2 nitrogen and oxygen atoms in total. The van der Waals surface area contributed by atoms with Crippen LogP contribution in [0.15, 0.2) is 18.2 Å². The van der Waals surface area contributed by atoms with Crippen molar-refractivity contribution < 1.29 is 4.79 Å². The van der Waals surface area contributed by atoms with Crippen LogP contribution in [0, 0.1) is 5.92 Å². The van der Waals surface area contributed by atoms with Crippen molar-refractivity contribution in [1.29, 1.82) is 0 Å². The van der Waals surface area contributed by atoms with E-state index in [0.29, 0.717) is 0 Å². The van der Waals surface area contributed by atoms with Crippen molar-refractivity contribution in [3.63, 3.8) is 0 Å². The number of hydrogen-bond acceptors (Lipinski definition) is 2. The predicted octanol–water partition coefficient (Wildman–Crippen LogP) is 3.69. The first-order chi connectivity index (χ1) is 8.61. The second-order valence-corrected chi connectivity index (χ2v) is 5.46. The molecule has 1 heterocycles. The molecule has 1 aliphatic rings. The fourth-order valence-electron chi connectivity index (χ4n) is 2.59. The molecular weight excluding hydrogens is 222 g/mol. The minimum atomic E-state index is 0.164. The lowest BCUT2D eigenvalue weighted by Gasteiger charge is -2.33. The molecule has 0 saturated heterocycles. The van der Waals surface area contributed by atoms with Crippen molar-refractivity contribution in [1.82, 2.24) is 0 Å². The van der Waals surface area contributed by atoms with Gasteiger partial charge in [0.1, 0.15) is 0 Å². The molecule has 1 atom stereocenters. The van der Waals surface area contributed by atoms with Crippen LogP contribution in [0.1, 0.15) is 49.5 Å². The number of carbonyl (C=O) groups excluding carboxylic acids is 1. The van der Waals surface area contributed by atoms with Gasteiger partial charge in [0.05, 0.1) is 0 Å². The number of nitrogens with zero attached hydrogens (tertiary/aromatic N) is 1. The van der Waals surface area contributed by atoms with Crippen molar-refractivity contribution in [2.24, 2.45) is 5.92 Å². The summed E-state index contributed by atoms with van der Waals surface area (Å²) < 4.78 is 0. The Morgan fingerprint density at radius 3 is 2.89 bits per heavy atom. The van der Waals surface area contributed by atoms with E-state index >= 15 is 0 Å². The molecule has 0 amide bonds. The van der Waals surface area contributed by atoms with Crippen LogP contribution in [0.2, 0.25) is 0 Å². The summed E-state index contributed by atoms with van der Waals surface area (Å²) in [5, 5.41) is 0. The third-order valence-electron chi connectivity index (χ3n) is 3.93. The Morgan fingerprint density at radius 2 is 2.22 bits per heavy atom. The summed E-state index contributed by atoms with van der Waals surface area (Å²) in [5.41, 5.74) is 3.53. The van der Waals surface area contributed by atoms with Gasteiger partial charge in [-0.15, -0.1) is 0 Å². The largest absolute Gasteiger partial charge is 0.371 e. The van der Waals surface area contributed by atoms with Gasteiger partial charge in [-0.1, -0.05) is 20.3 Å². The van der Waals surface area contributed by atoms with E-state index in [1.807, 2.05) is 6.07 Å². The summed E-state index contributed by atoms with van der Waals surface area (Å²) in [4.78, 5) is 13.9. The molecule has 2 rings (SSSR count). The van der Waals surface area contributed by atoms with Crippen LogP contribution < -0.4 is 4.90 Å². The maximum Gasteiger partial charge on any atom is 0.159 e. The van der Waals surface area contributed by atoms with E-state index in [4.69, 9.17) is 0 Å². The molecule has 0 saturated carbocycles. The van der Waals surface area contributed by atoms with Crippen molar-refractivity contribution >= 4 is 11.5 Å². The Kier molecular flexibility index (Phi) is 4.05. The van der Waals surface area contributed by atoms with Crippen LogP contribution in [-0.4, -0.2) is 18.9 Å². The number of carbonyl (C=O) groups is 1. The quantitative estimate of drug-likeness (QED) is 0.754. The van der Waals surface area contributed by atoms with Gasteiger partial charge in [0.15, 0.2) is 5.78 Å². The van der Waals surface area contributed by atoms with Crippen molar-refractivity contribution in [3.8, 4) is 0 Å². The first-order valence-electron chi connectivity index (χ1n) is 7.00. The van der Waals surface area contributed by atoms with Crippen LogP contribution in [-0.2, 0) is 6.42 Å². The summed E-state index contributed by atoms with van der Waals surface area (Å²) in [6.45, 7) is 8.47. The number of fused-ring (bicyclic) bond motifs is 1. The summed E-state index contributed by atoms with van der Waals surface area (Å²) in [5.74, 6) is 0.889. The summed E-state index contributed by atoms with van der Waals surface area (Å²) in [7, 11) is 0. The fraction of sp³-hybridized carbons (Fsp3) is 0.562. The molecule has 1 unspecified atom stereocenters. The smallest absolute Gasteiger partial charge is 0.159 e. The second-order valence-electron chi connectivity index (χ2n) is 5.46. The van der Waals surface area contributed by atoms with Gasteiger partial charge in [-0.2, -0.15) is 0 Å². The molecule has 1 aliphatic heterocycles. The molecule has 98 valence electrons. The number of anilines is 1. The maximum absolute atomic E-state index is 11.4. The molecule has 2 heteroatoms. The SMILES string of the molecule is CCC(C)CN1CCCc2cc(C(C)=O)ccc21. The molecular formula is C16H23NO. The lowest BCUT2D eigenvalue weighted by atomic mass is 9.97. The Morgan fingerprint density at radius 1 is 1.44 bits per heavy atom. The lowest BCUT2D eigenvalue weighted by molar-refractivity contribution is 0.101. The second kappa shape index (κ2) is 5.55. The van der Waals surface area contributed by atoms with Gasteiger partial charge in [-0.25, -0.2) is 0 Å². The number of rotatable bonds is 4. The first-order valence-corrected chi connectivity index (χ1v) is 7.00. The zero-order chi connectivity index (χ0) is 13.1. The highest BCUT2D eigenvalue weighted by Gasteiger charge is 2.18. The molecule has 0 spiro atoms. The Labute approximate surface area is 110 Å². The highest BCUT2D eigenvalue weighted by Crippen LogP contribution is 2.29. The third-order valence-corrected chi connectivity index (χ3v) is 3.93. The van der Waals surface area contributed by atoms with Gasteiger partial charge in [0.2, 0.25) is 0 Å². The summed E-state index contributed by atoms with van der Waals surface area (Å²) in [6, 6.07) is 6.18. The highest BCUT2D eigenvalue weighted by molar-refractivity contribution is 5.94. The summed E-state index contributed by atoms with van der Waals surface area (Å²) in [6.07, 6.45) is 3.52. The van der Waals surface area contributed by atoms with Gasteiger partial charge in [-0.3, -0.25) is 4.79 Å². The molecule has 18 heavy (non-hydrogen) atoms. The first kappa shape index (κ1) is 13.1. The number of hydrogen-bond donors (Lipinski definition) is 0. The number of Topliss-reactive ketones (excluding diaryl/α,β-unsaturated/α-hetero) is 1. The molecule has 1 aromatic rings. The lowest BCUT2D eigenvalue weighted by Crippen LogP contribution is -2.33. The molecule has 0 N–H and O–H groups in total. The van der Waals surface area contributed by atoms with Crippen LogP contribution in [0.4, 0.5) is 5.69 Å². The fourth-order valence-corrected chi connectivity index (χ4v) is 2.59. The zero-order valence-corrected chi connectivity index (χ0v) is 11.7. The van der Waals surface area contributed by atoms with Crippen molar-refractivity contribution in [3.05, 3.63) is 29.3 Å². The Hall–Kier alpha value is -1.31. The summed E-state index contributed by atoms with van der Waals surface area (Å²) >= 11 is 0. The molecule has 0 fully saturated rings.